The van der Waals surface area contributed by atoms with Crippen LogP contribution in [0.2, 0.25) is 0 Å². The van der Waals surface area contributed by atoms with Crippen LogP contribution in [0.15, 0.2) is 61.2 Å². The van der Waals surface area contributed by atoms with Gasteiger partial charge in [-0.05, 0) is 48.4 Å². The summed E-state index contributed by atoms with van der Waals surface area (Å²) in [7, 11) is 0. The number of ether oxygens (including phenoxy) is 1. The van der Waals surface area contributed by atoms with Crippen LogP contribution in [0.3, 0.4) is 0 Å². The fraction of sp³-hybridized carbons (Fsp3) is 0.346. The van der Waals surface area contributed by atoms with Gasteiger partial charge in [-0.1, -0.05) is 61.5 Å². The number of hydrogen-bond acceptors (Lipinski definition) is 4. The molecule has 0 aromatic heterocycles. The number of nitrogens with one attached hydrogen (secondary N) is 2. The fourth-order valence-corrected chi connectivity index (χ4v) is 3.99. The minimum atomic E-state index is -1.42. The van der Waals surface area contributed by atoms with Crippen LogP contribution in [0.5, 0.6) is 0 Å². The van der Waals surface area contributed by atoms with Crippen molar-refractivity contribution in [2.45, 2.75) is 50.6 Å². The highest BCUT2D eigenvalue weighted by Crippen LogP contribution is 2.44. The molecule has 0 heterocycles. The second kappa shape index (κ2) is 10.3. The van der Waals surface area contributed by atoms with Gasteiger partial charge < -0.3 is 20.5 Å². The van der Waals surface area contributed by atoms with Crippen molar-refractivity contribution in [2.24, 2.45) is 0 Å². The molecule has 2 unspecified atom stereocenters. The van der Waals surface area contributed by atoms with Crippen molar-refractivity contribution in [3.8, 4) is 11.1 Å². The molecule has 33 heavy (non-hydrogen) atoms. The third-order valence-electron chi connectivity index (χ3n) is 6.19. The van der Waals surface area contributed by atoms with Gasteiger partial charge in [-0.2, -0.15) is 0 Å². The molecule has 0 fully saturated rings. The lowest BCUT2D eigenvalue weighted by molar-refractivity contribution is -0.147. The number of carbonyl (C=O) groups is 3. The fourth-order valence-electron chi connectivity index (χ4n) is 3.99. The number of rotatable bonds is 10. The molecule has 0 aliphatic heterocycles. The number of amides is 2. The summed E-state index contributed by atoms with van der Waals surface area (Å²) in [5, 5.41) is 14.6. The molecular formula is C26H30N2O5. The van der Waals surface area contributed by atoms with Crippen molar-refractivity contribution >= 4 is 18.0 Å². The molecule has 2 aromatic carbocycles. The Labute approximate surface area is 193 Å². The van der Waals surface area contributed by atoms with Crippen LogP contribution in [-0.2, 0) is 14.3 Å². The summed E-state index contributed by atoms with van der Waals surface area (Å²) >= 11 is 0. The molecule has 3 rings (SSSR count). The highest BCUT2D eigenvalue weighted by Gasteiger charge is 2.35. The van der Waals surface area contributed by atoms with E-state index in [2.05, 4.69) is 29.3 Å². The van der Waals surface area contributed by atoms with E-state index < -0.39 is 29.6 Å². The van der Waals surface area contributed by atoms with E-state index in [9.17, 15) is 19.5 Å². The van der Waals surface area contributed by atoms with Crippen LogP contribution in [0.1, 0.15) is 50.2 Å². The van der Waals surface area contributed by atoms with Crippen molar-refractivity contribution < 1.29 is 24.2 Å². The summed E-state index contributed by atoms with van der Waals surface area (Å²) in [5.41, 5.74) is 3.00. The predicted molar refractivity (Wildman–Crippen MR) is 126 cm³/mol. The molecule has 1 aliphatic rings. The molecule has 0 radical (unpaired) electrons. The average Bonchev–Trinajstić information content (AvgIpc) is 3.13. The number of fused-ring (bicyclic) bond motifs is 3. The van der Waals surface area contributed by atoms with E-state index in [1.54, 1.807) is 13.0 Å². The molecule has 0 bridgehead atoms. The number of allylic oxidation sites excluding steroid dienone is 1. The zero-order valence-electron chi connectivity index (χ0n) is 19.0. The Morgan fingerprint density at radius 1 is 1.12 bits per heavy atom. The minimum absolute atomic E-state index is 0.0982. The molecule has 2 aromatic rings. The van der Waals surface area contributed by atoms with E-state index in [4.69, 9.17) is 4.74 Å². The van der Waals surface area contributed by atoms with Gasteiger partial charge in [0.1, 0.15) is 18.2 Å². The number of aliphatic carboxylic acids is 1. The van der Waals surface area contributed by atoms with Gasteiger partial charge in [0.2, 0.25) is 5.91 Å². The molecule has 174 valence electrons. The average molecular weight is 451 g/mol. The van der Waals surface area contributed by atoms with Gasteiger partial charge in [0, 0.05) is 5.92 Å². The van der Waals surface area contributed by atoms with Crippen molar-refractivity contribution in [3.63, 3.8) is 0 Å². The Bertz CT molecular complexity index is 1000. The van der Waals surface area contributed by atoms with Gasteiger partial charge in [0.15, 0.2) is 0 Å². The first-order valence-corrected chi connectivity index (χ1v) is 11.1. The third-order valence-corrected chi connectivity index (χ3v) is 6.19. The third kappa shape index (κ3) is 5.25. The van der Waals surface area contributed by atoms with E-state index in [1.807, 2.05) is 36.4 Å². The number of alkyl carbamates (subject to hydrolysis) is 1. The van der Waals surface area contributed by atoms with Crippen LogP contribution in [-0.4, -0.2) is 41.3 Å². The monoisotopic (exact) mass is 450 g/mol. The van der Waals surface area contributed by atoms with Gasteiger partial charge in [-0.3, -0.25) is 4.79 Å². The van der Waals surface area contributed by atoms with Crippen molar-refractivity contribution in [3.05, 3.63) is 72.3 Å². The molecule has 0 saturated carbocycles. The van der Waals surface area contributed by atoms with Crippen LogP contribution >= 0.6 is 0 Å². The lowest BCUT2D eigenvalue weighted by Gasteiger charge is -2.27. The Morgan fingerprint density at radius 3 is 2.21 bits per heavy atom. The van der Waals surface area contributed by atoms with Gasteiger partial charge in [-0.15, -0.1) is 6.58 Å². The molecular weight excluding hydrogens is 420 g/mol. The Balaban J connectivity index is 1.68. The molecule has 7 nitrogen and oxygen atoms in total. The zero-order valence-corrected chi connectivity index (χ0v) is 19.0. The summed E-state index contributed by atoms with van der Waals surface area (Å²) in [4.78, 5) is 36.9. The maximum absolute atomic E-state index is 12.8. The molecule has 2 atom stereocenters. The number of hydrogen-bond donors (Lipinski definition) is 3. The summed E-state index contributed by atoms with van der Waals surface area (Å²) < 4.78 is 5.53. The normalized spacial score (nSPS) is 14.8. The van der Waals surface area contributed by atoms with Gasteiger partial charge in [0.05, 0.1) is 0 Å². The standard InChI is InChI=1S/C26H30N2O5/c1-4-6-15-22(23(29)28-26(3,5-2)24(30)31)27-25(32)33-16-21-19-13-9-7-11-17(19)18-12-8-10-14-20(18)21/h4,7-14,21-22H,1,5-6,15-16H2,2-3H3,(H,27,32)(H,28,29)(H,30,31). The van der Waals surface area contributed by atoms with E-state index in [-0.39, 0.29) is 25.4 Å². The second-order valence-corrected chi connectivity index (χ2v) is 8.37. The predicted octanol–water partition coefficient (Wildman–Crippen LogP) is 4.23. The maximum Gasteiger partial charge on any atom is 0.407 e. The lowest BCUT2D eigenvalue weighted by atomic mass is 9.98. The SMILES string of the molecule is C=CCCC(NC(=O)OCC1c2ccccc2-c2ccccc21)C(=O)NC(C)(CC)C(=O)O. The second-order valence-electron chi connectivity index (χ2n) is 8.37. The Morgan fingerprint density at radius 2 is 1.70 bits per heavy atom. The van der Waals surface area contributed by atoms with Crippen molar-refractivity contribution in [1.29, 1.82) is 0 Å². The largest absolute Gasteiger partial charge is 0.480 e. The number of carboxylic acids is 1. The van der Waals surface area contributed by atoms with E-state index >= 15 is 0 Å². The van der Waals surface area contributed by atoms with Gasteiger partial charge in [-0.25, -0.2) is 9.59 Å². The van der Waals surface area contributed by atoms with Gasteiger partial charge in [0.25, 0.3) is 0 Å². The first-order chi connectivity index (χ1) is 15.8. The molecule has 7 heteroatoms. The summed E-state index contributed by atoms with van der Waals surface area (Å²) in [5.74, 6) is -1.81. The quantitative estimate of drug-likeness (QED) is 0.470. The highest BCUT2D eigenvalue weighted by atomic mass is 16.5. The van der Waals surface area contributed by atoms with Crippen LogP contribution in [0, 0.1) is 0 Å². The summed E-state index contributed by atoms with van der Waals surface area (Å²) in [6.07, 6.45) is 1.86. The number of carbonyl (C=O) groups excluding carboxylic acids is 2. The van der Waals surface area contributed by atoms with Crippen molar-refractivity contribution in [2.75, 3.05) is 6.61 Å². The molecule has 0 spiro atoms. The molecule has 0 saturated heterocycles. The van der Waals surface area contributed by atoms with Crippen molar-refractivity contribution in [1.82, 2.24) is 10.6 Å². The summed E-state index contributed by atoms with van der Waals surface area (Å²) in [6.45, 7) is 6.88. The van der Waals surface area contributed by atoms with E-state index in [0.717, 1.165) is 22.3 Å². The maximum atomic E-state index is 12.8. The van der Waals surface area contributed by atoms with Crippen LogP contribution in [0.25, 0.3) is 11.1 Å². The van der Waals surface area contributed by atoms with E-state index in [1.165, 1.54) is 6.92 Å². The minimum Gasteiger partial charge on any atom is -0.480 e. The number of carboxylic acid groups (broad SMARTS) is 1. The van der Waals surface area contributed by atoms with Gasteiger partial charge >= 0.3 is 12.1 Å². The van der Waals surface area contributed by atoms with E-state index in [0.29, 0.717) is 6.42 Å². The smallest absolute Gasteiger partial charge is 0.407 e. The molecule has 1 aliphatic carbocycles. The van der Waals surface area contributed by atoms with Crippen LogP contribution in [0.4, 0.5) is 4.79 Å². The first-order valence-electron chi connectivity index (χ1n) is 11.1. The number of benzene rings is 2. The van der Waals surface area contributed by atoms with Crippen LogP contribution < -0.4 is 10.6 Å². The zero-order chi connectivity index (χ0) is 24.0. The molecule has 3 N–H and O–H groups in total. The highest BCUT2D eigenvalue weighted by molar-refractivity contribution is 5.91. The topological polar surface area (TPSA) is 105 Å². The Hall–Kier alpha value is -3.61. The molecule has 2 amide bonds. The first kappa shape index (κ1) is 24.0. The lowest BCUT2D eigenvalue weighted by Crippen LogP contribution is -2.57. The summed E-state index contributed by atoms with van der Waals surface area (Å²) in [6, 6.07) is 15.1. The Kier molecular flexibility index (Phi) is 7.53.